The zero-order valence-electron chi connectivity index (χ0n) is 26.9. The molecular weight excluding hydrogens is 664 g/mol. The Bertz CT molecular complexity index is 1890. The molecule has 11 nitrogen and oxygen atoms in total. The molecule has 49 heavy (non-hydrogen) atoms. The number of aromatic carboxylic acids is 1. The average molecular weight is 699 g/mol. The number of carboxylic acid groups (broad SMARTS) is 1. The van der Waals surface area contributed by atoms with Crippen LogP contribution in [0.1, 0.15) is 56.8 Å². The molecule has 0 atom stereocenters. The normalized spacial score (nSPS) is 12.5. The summed E-state index contributed by atoms with van der Waals surface area (Å²) in [6.45, 7) is 5.76. The number of hydrogen-bond donors (Lipinski definition) is 1. The lowest BCUT2D eigenvalue weighted by Crippen LogP contribution is -2.48. The molecule has 1 N–H and O–H groups in total. The lowest BCUT2D eigenvalue weighted by molar-refractivity contribution is -0.118. The second kappa shape index (κ2) is 16.6. The molecule has 2 amide bonds. The van der Waals surface area contributed by atoms with Gasteiger partial charge < -0.3 is 28.8 Å². The number of halogens is 1. The van der Waals surface area contributed by atoms with Gasteiger partial charge in [0.2, 0.25) is 11.7 Å². The lowest BCUT2D eigenvalue weighted by Gasteiger charge is -2.36. The average Bonchev–Trinajstić information content (AvgIpc) is 3.91. The summed E-state index contributed by atoms with van der Waals surface area (Å²) in [6.07, 6.45) is 6.12. The van der Waals surface area contributed by atoms with Crippen LogP contribution in [0.4, 0.5) is 11.4 Å². The number of nitrogens with zero attached hydrogens (tertiary/aromatic N) is 6. The molecule has 4 heterocycles. The van der Waals surface area contributed by atoms with Crippen LogP contribution in [0.2, 0.25) is 4.34 Å². The third-order valence-corrected chi connectivity index (χ3v) is 9.15. The van der Waals surface area contributed by atoms with Crippen molar-refractivity contribution in [2.75, 3.05) is 36.0 Å². The van der Waals surface area contributed by atoms with E-state index in [2.05, 4.69) is 20.4 Å². The van der Waals surface area contributed by atoms with Crippen molar-refractivity contribution in [2.24, 2.45) is 0 Å². The van der Waals surface area contributed by atoms with Crippen LogP contribution in [0.3, 0.4) is 0 Å². The molecule has 5 aromatic rings. The minimum absolute atomic E-state index is 0.0231. The third kappa shape index (κ3) is 9.16. The fraction of sp³-hybridized carbons (Fsp3) is 0.250. The van der Waals surface area contributed by atoms with Crippen LogP contribution in [0.15, 0.2) is 96.0 Å². The summed E-state index contributed by atoms with van der Waals surface area (Å²) in [5.41, 5.74) is 4.50. The van der Waals surface area contributed by atoms with E-state index in [1.807, 2.05) is 69.8 Å². The van der Waals surface area contributed by atoms with Crippen LogP contribution in [0.25, 0.3) is 0 Å². The van der Waals surface area contributed by atoms with Gasteiger partial charge in [0.25, 0.3) is 5.91 Å². The molecule has 2 aromatic carbocycles. The summed E-state index contributed by atoms with van der Waals surface area (Å²) in [4.78, 5) is 47.0. The summed E-state index contributed by atoms with van der Waals surface area (Å²) in [7, 11) is 0. The Morgan fingerprint density at radius 1 is 1.02 bits per heavy atom. The van der Waals surface area contributed by atoms with E-state index in [0.717, 1.165) is 42.1 Å². The Labute approximate surface area is 293 Å². The number of aromatic nitrogens is 2. The van der Waals surface area contributed by atoms with Gasteiger partial charge in [-0.1, -0.05) is 30.7 Å². The molecule has 0 unspecified atom stereocenters. The van der Waals surface area contributed by atoms with Crippen LogP contribution >= 0.6 is 22.9 Å². The number of amides is 2. The van der Waals surface area contributed by atoms with Gasteiger partial charge in [0.15, 0.2) is 0 Å². The summed E-state index contributed by atoms with van der Waals surface area (Å²) in [5.74, 6) is -0.965. The number of nitriles is 1. The molecule has 6 rings (SSSR count). The van der Waals surface area contributed by atoms with E-state index in [9.17, 15) is 14.4 Å². The minimum atomic E-state index is -1.03. The van der Waals surface area contributed by atoms with E-state index in [1.165, 1.54) is 29.7 Å². The van der Waals surface area contributed by atoms with E-state index < -0.39 is 5.97 Å². The van der Waals surface area contributed by atoms with Crippen LogP contribution in [-0.2, 0) is 17.9 Å². The van der Waals surface area contributed by atoms with Crippen LogP contribution in [-0.4, -0.2) is 63.5 Å². The first-order valence-electron chi connectivity index (χ1n) is 15.7. The first-order chi connectivity index (χ1) is 23.7. The van der Waals surface area contributed by atoms with Gasteiger partial charge in [0, 0.05) is 56.7 Å². The van der Waals surface area contributed by atoms with Crippen molar-refractivity contribution in [3.05, 3.63) is 123 Å². The van der Waals surface area contributed by atoms with Crippen LogP contribution in [0, 0.1) is 11.3 Å². The smallest absolute Gasteiger partial charge is 0.371 e. The van der Waals surface area contributed by atoms with Crippen LogP contribution < -0.4 is 9.80 Å². The Balaban J connectivity index is 0.000000514. The monoisotopic (exact) mass is 698 g/mol. The van der Waals surface area contributed by atoms with Gasteiger partial charge in [-0.2, -0.15) is 5.26 Å². The molecule has 0 saturated carbocycles. The summed E-state index contributed by atoms with van der Waals surface area (Å²) < 4.78 is 7.15. The number of rotatable bonds is 10. The van der Waals surface area contributed by atoms with Gasteiger partial charge >= 0.3 is 5.97 Å². The van der Waals surface area contributed by atoms with Crippen molar-refractivity contribution in [3.8, 4) is 6.07 Å². The van der Waals surface area contributed by atoms with Gasteiger partial charge in [-0.15, -0.1) is 11.3 Å². The zero-order valence-corrected chi connectivity index (χ0v) is 28.4. The van der Waals surface area contributed by atoms with E-state index in [-0.39, 0.29) is 17.6 Å². The van der Waals surface area contributed by atoms with Crippen molar-refractivity contribution >= 4 is 52.1 Å². The van der Waals surface area contributed by atoms with Crippen molar-refractivity contribution in [2.45, 2.75) is 32.9 Å². The molecule has 0 spiro atoms. The molecule has 0 radical (unpaired) electrons. The molecule has 1 saturated heterocycles. The molecule has 252 valence electrons. The predicted molar refractivity (Wildman–Crippen MR) is 188 cm³/mol. The van der Waals surface area contributed by atoms with Crippen molar-refractivity contribution in [3.63, 3.8) is 0 Å². The zero-order chi connectivity index (χ0) is 34.8. The highest BCUT2D eigenvalue weighted by Gasteiger charge is 2.24. The fourth-order valence-corrected chi connectivity index (χ4v) is 6.35. The molecule has 0 bridgehead atoms. The van der Waals surface area contributed by atoms with Crippen LogP contribution in [0.5, 0.6) is 0 Å². The highest BCUT2D eigenvalue weighted by atomic mass is 35.5. The number of furan rings is 1. The molecule has 13 heteroatoms. The maximum atomic E-state index is 13.2. The Kier molecular flexibility index (Phi) is 11.9. The van der Waals surface area contributed by atoms with Crippen molar-refractivity contribution in [1.82, 2.24) is 14.5 Å². The Morgan fingerprint density at radius 3 is 2.33 bits per heavy atom. The number of hydrogen-bond acceptors (Lipinski definition) is 8. The topological polar surface area (TPSA) is 136 Å². The van der Waals surface area contributed by atoms with E-state index >= 15 is 0 Å². The molecule has 3 aromatic heterocycles. The predicted octanol–water partition coefficient (Wildman–Crippen LogP) is 6.79. The van der Waals surface area contributed by atoms with Gasteiger partial charge in [-0.3, -0.25) is 9.59 Å². The largest absolute Gasteiger partial charge is 0.475 e. The maximum absolute atomic E-state index is 13.2. The molecular formula is C36H35ClN6O5S. The Morgan fingerprint density at radius 2 is 1.76 bits per heavy atom. The highest BCUT2D eigenvalue weighted by molar-refractivity contribution is 7.17. The number of thiophene rings is 1. The number of imidazole rings is 1. The number of carboxylic acids is 1. The molecule has 0 aliphatic carbocycles. The highest BCUT2D eigenvalue weighted by Crippen LogP contribution is 2.26. The molecule has 1 aliphatic heterocycles. The maximum Gasteiger partial charge on any atom is 0.371 e. The molecule has 1 fully saturated rings. The number of piperazine rings is 1. The van der Waals surface area contributed by atoms with Gasteiger partial charge in [-0.25, -0.2) is 9.78 Å². The summed E-state index contributed by atoms with van der Waals surface area (Å²) in [5, 5.41) is 17.3. The minimum Gasteiger partial charge on any atom is -0.475 e. The quantitative estimate of drug-likeness (QED) is 0.168. The van der Waals surface area contributed by atoms with E-state index in [1.54, 1.807) is 24.7 Å². The van der Waals surface area contributed by atoms with Crippen molar-refractivity contribution in [1.29, 1.82) is 5.26 Å². The standard InChI is InChI=1S/C31H31ClN6O2S.C5H4O3/c1-2-3-30(39)38(21-27-19-34-22-37(27)20-24-6-4-23(18-33)5-7-24)26-10-8-25(9-11-26)35-14-16-36(17-15-35)31(40)28-12-13-29(32)41-28;6-5(7)4-2-1-3-8-4/h4-13,19,22H,2-3,14-17,20-21H2,1H3;1-3H,(H,6,7). The second-order valence-electron chi connectivity index (χ2n) is 11.2. The SMILES string of the molecule is CCCC(=O)N(Cc1cncn1Cc1ccc(C#N)cc1)c1ccc(N2CCN(C(=O)c3ccc(Cl)s3)CC2)cc1.O=C(O)c1ccco1. The first-order valence-corrected chi connectivity index (χ1v) is 16.9. The lowest BCUT2D eigenvalue weighted by atomic mass is 10.1. The van der Waals surface area contributed by atoms with Gasteiger partial charge in [0.1, 0.15) is 0 Å². The number of anilines is 2. The second-order valence-corrected chi connectivity index (χ2v) is 12.9. The van der Waals surface area contributed by atoms with E-state index in [4.69, 9.17) is 22.0 Å². The first kappa shape index (κ1) is 34.9. The Hall–Kier alpha value is -5.38. The molecule has 1 aliphatic rings. The number of carbonyl (C=O) groups excluding carboxylic acids is 2. The number of carbonyl (C=O) groups is 3. The van der Waals surface area contributed by atoms with Gasteiger partial charge in [-0.05, 0) is 72.6 Å². The van der Waals surface area contributed by atoms with Gasteiger partial charge in [0.05, 0.1) is 45.7 Å². The van der Waals surface area contributed by atoms with Crippen molar-refractivity contribution < 1.29 is 23.9 Å². The summed E-state index contributed by atoms with van der Waals surface area (Å²) >= 11 is 7.32. The third-order valence-electron chi connectivity index (χ3n) is 7.93. The summed E-state index contributed by atoms with van der Waals surface area (Å²) in [6, 6.07) is 24.2. The van der Waals surface area contributed by atoms with E-state index in [0.29, 0.717) is 47.4 Å². The fourth-order valence-electron chi connectivity index (χ4n) is 5.33. The number of benzene rings is 2.